The van der Waals surface area contributed by atoms with Crippen LogP contribution >= 0.6 is 11.3 Å². The molecule has 1 saturated carbocycles. The van der Waals surface area contributed by atoms with Gasteiger partial charge in [-0.3, -0.25) is 4.79 Å². The highest BCUT2D eigenvalue weighted by atomic mass is 32.1. The van der Waals surface area contributed by atoms with Crippen molar-refractivity contribution < 1.29 is 22.4 Å². The van der Waals surface area contributed by atoms with Crippen molar-refractivity contribution in [1.29, 1.82) is 0 Å². The largest absolute Gasteiger partial charge is 0.406 e. The number of amides is 1. The van der Waals surface area contributed by atoms with Crippen LogP contribution in [-0.2, 0) is 0 Å². The van der Waals surface area contributed by atoms with E-state index in [1.54, 1.807) is 13.0 Å². The van der Waals surface area contributed by atoms with E-state index in [0.29, 0.717) is 4.70 Å². The number of alkyl halides is 3. The van der Waals surface area contributed by atoms with Crippen molar-refractivity contribution in [2.24, 2.45) is 5.92 Å². The molecule has 1 aliphatic rings. The fourth-order valence-corrected chi connectivity index (χ4v) is 3.73. The van der Waals surface area contributed by atoms with E-state index in [0.717, 1.165) is 29.1 Å². The molecule has 0 saturated heterocycles. The smallest absolute Gasteiger partial charge is 0.326 e. The highest BCUT2D eigenvalue weighted by molar-refractivity contribution is 7.20. The molecule has 0 bridgehead atoms. The highest BCUT2D eigenvalue weighted by Crippen LogP contribution is 2.37. The lowest BCUT2D eigenvalue weighted by Gasteiger charge is -2.29. The summed E-state index contributed by atoms with van der Waals surface area (Å²) in [7, 11) is 0. The zero-order valence-electron chi connectivity index (χ0n) is 12.4. The van der Waals surface area contributed by atoms with E-state index in [4.69, 9.17) is 0 Å². The summed E-state index contributed by atoms with van der Waals surface area (Å²) in [5.74, 6) is -1.04. The summed E-state index contributed by atoms with van der Waals surface area (Å²) in [4.78, 5) is 13.6. The molecule has 1 aliphatic carbocycles. The third kappa shape index (κ3) is 3.49. The molecule has 0 spiro atoms. The summed E-state index contributed by atoms with van der Waals surface area (Å²) < 4.78 is 52.8. The lowest BCUT2D eigenvalue weighted by molar-refractivity contribution is -0.144. The van der Waals surface area contributed by atoms with Crippen molar-refractivity contribution >= 4 is 27.3 Å². The number of hydrogen-bond acceptors (Lipinski definition) is 2. The van der Waals surface area contributed by atoms with Gasteiger partial charge in [-0.2, -0.15) is 13.2 Å². The van der Waals surface area contributed by atoms with Crippen LogP contribution in [0.1, 0.15) is 29.4 Å². The zero-order chi connectivity index (χ0) is 16.8. The number of halogens is 4. The Labute approximate surface area is 134 Å². The van der Waals surface area contributed by atoms with Crippen molar-refractivity contribution in [3.05, 3.63) is 35.0 Å². The average Bonchev–Trinajstić information content (AvgIpc) is 3.22. The van der Waals surface area contributed by atoms with E-state index in [2.05, 4.69) is 0 Å². The van der Waals surface area contributed by atoms with Gasteiger partial charge in [0.2, 0.25) is 0 Å². The molecule has 0 aliphatic heterocycles. The SMILES string of the molecule is C[C@H](C1CC1)N(CC(F)(F)F)C(=O)c1cc2c(F)cccc2s1. The van der Waals surface area contributed by atoms with E-state index >= 15 is 0 Å². The Morgan fingerprint density at radius 2 is 2.09 bits per heavy atom. The molecule has 1 aromatic heterocycles. The summed E-state index contributed by atoms with van der Waals surface area (Å²) in [5.41, 5.74) is 0. The van der Waals surface area contributed by atoms with Crippen LogP contribution in [0.5, 0.6) is 0 Å². The Bertz CT molecular complexity index is 735. The average molecular weight is 345 g/mol. The van der Waals surface area contributed by atoms with Gasteiger partial charge in [0.05, 0.1) is 4.88 Å². The predicted molar refractivity (Wildman–Crippen MR) is 81.1 cm³/mol. The molecule has 1 amide bonds. The molecule has 0 unspecified atom stereocenters. The fourth-order valence-electron chi connectivity index (χ4n) is 2.70. The monoisotopic (exact) mass is 345 g/mol. The third-order valence-electron chi connectivity index (χ3n) is 4.13. The van der Waals surface area contributed by atoms with Crippen LogP contribution in [0.4, 0.5) is 17.6 Å². The van der Waals surface area contributed by atoms with Gasteiger partial charge in [0.15, 0.2) is 0 Å². The molecule has 3 rings (SSSR count). The maximum absolute atomic E-state index is 13.7. The summed E-state index contributed by atoms with van der Waals surface area (Å²) >= 11 is 1.02. The van der Waals surface area contributed by atoms with Crippen LogP contribution < -0.4 is 0 Å². The normalized spacial score (nSPS) is 16.6. The number of fused-ring (bicyclic) bond motifs is 1. The van der Waals surface area contributed by atoms with E-state index in [9.17, 15) is 22.4 Å². The van der Waals surface area contributed by atoms with Crippen LogP contribution in [-0.4, -0.2) is 29.6 Å². The van der Waals surface area contributed by atoms with Gasteiger partial charge in [-0.1, -0.05) is 6.07 Å². The Morgan fingerprint density at radius 1 is 1.39 bits per heavy atom. The second-order valence-corrected chi connectivity index (χ2v) is 6.97. The number of carbonyl (C=O) groups is 1. The minimum atomic E-state index is -4.46. The van der Waals surface area contributed by atoms with Crippen molar-refractivity contribution in [2.75, 3.05) is 6.54 Å². The second-order valence-electron chi connectivity index (χ2n) is 5.89. The molecule has 23 heavy (non-hydrogen) atoms. The highest BCUT2D eigenvalue weighted by Gasteiger charge is 2.41. The maximum atomic E-state index is 13.7. The lowest BCUT2D eigenvalue weighted by atomic mass is 10.1. The Morgan fingerprint density at radius 3 is 2.65 bits per heavy atom. The third-order valence-corrected chi connectivity index (χ3v) is 5.21. The first kappa shape index (κ1) is 16.2. The standard InChI is InChI=1S/C16H15F4NOS/c1-9(10-5-6-10)21(8-16(18,19)20)15(22)14-7-11-12(17)3-2-4-13(11)23-14/h2-4,7,9-10H,5-6,8H2,1H3/t9-/m1/s1. The van der Waals surface area contributed by atoms with Crippen molar-refractivity contribution in [3.63, 3.8) is 0 Å². The molecule has 1 aromatic carbocycles. The molecule has 2 nitrogen and oxygen atoms in total. The minimum Gasteiger partial charge on any atom is -0.326 e. The first-order valence-corrected chi connectivity index (χ1v) is 8.13. The molecular formula is C16H15F4NOS. The van der Waals surface area contributed by atoms with Gasteiger partial charge in [-0.15, -0.1) is 11.3 Å². The first-order valence-electron chi connectivity index (χ1n) is 7.32. The first-order chi connectivity index (χ1) is 10.8. The molecule has 2 aromatic rings. The molecule has 1 heterocycles. The quantitative estimate of drug-likeness (QED) is 0.726. The van der Waals surface area contributed by atoms with Gasteiger partial charge < -0.3 is 4.90 Å². The predicted octanol–water partition coefficient (Wildman–Crippen LogP) is 4.84. The van der Waals surface area contributed by atoms with Crippen LogP contribution in [0.15, 0.2) is 24.3 Å². The number of thiophene rings is 1. The molecular weight excluding hydrogens is 330 g/mol. The number of hydrogen-bond donors (Lipinski definition) is 0. The molecule has 0 radical (unpaired) electrons. The Hall–Kier alpha value is -1.63. The van der Waals surface area contributed by atoms with E-state index in [1.807, 2.05) is 0 Å². The topological polar surface area (TPSA) is 20.3 Å². The van der Waals surface area contributed by atoms with Crippen LogP contribution in [0, 0.1) is 11.7 Å². The lowest BCUT2D eigenvalue weighted by Crippen LogP contribution is -2.45. The van der Waals surface area contributed by atoms with Gasteiger partial charge in [0, 0.05) is 16.1 Å². The fraction of sp³-hybridized carbons (Fsp3) is 0.438. The van der Waals surface area contributed by atoms with Gasteiger partial charge in [0.25, 0.3) is 5.91 Å². The molecule has 0 N–H and O–H groups in total. The van der Waals surface area contributed by atoms with Crippen molar-refractivity contribution in [3.8, 4) is 0 Å². The van der Waals surface area contributed by atoms with E-state index in [1.165, 1.54) is 18.2 Å². The van der Waals surface area contributed by atoms with Crippen LogP contribution in [0.25, 0.3) is 10.1 Å². The number of benzene rings is 1. The van der Waals surface area contributed by atoms with Gasteiger partial charge in [0.1, 0.15) is 12.4 Å². The Balaban J connectivity index is 1.93. The number of carbonyl (C=O) groups excluding carboxylic acids is 1. The van der Waals surface area contributed by atoms with Crippen LogP contribution in [0.3, 0.4) is 0 Å². The van der Waals surface area contributed by atoms with Crippen molar-refractivity contribution in [1.82, 2.24) is 4.90 Å². The molecule has 1 fully saturated rings. The number of rotatable bonds is 4. The van der Waals surface area contributed by atoms with E-state index in [-0.39, 0.29) is 16.2 Å². The maximum Gasteiger partial charge on any atom is 0.406 e. The summed E-state index contributed by atoms with van der Waals surface area (Å²) in [6, 6.07) is 5.31. The summed E-state index contributed by atoms with van der Waals surface area (Å²) in [6.07, 6.45) is -2.78. The second kappa shape index (κ2) is 5.78. The summed E-state index contributed by atoms with van der Waals surface area (Å²) in [5, 5.41) is 0.270. The van der Waals surface area contributed by atoms with Gasteiger partial charge in [-0.25, -0.2) is 4.39 Å². The zero-order valence-corrected chi connectivity index (χ0v) is 13.2. The van der Waals surface area contributed by atoms with Crippen LogP contribution in [0.2, 0.25) is 0 Å². The summed E-state index contributed by atoms with van der Waals surface area (Å²) in [6.45, 7) is 0.370. The molecule has 7 heteroatoms. The molecule has 124 valence electrons. The molecule has 1 atom stereocenters. The number of nitrogens with zero attached hydrogens (tertiary/aromatic N) is 1. The van der Waals surface area contributed by atoms with Crippen molar-refractivity contribution in [2.45, 2.75) is 32.0 Å². The minimum absolute atomic E-state index is 0.118. The Kier molecular flexibility index (Phi) is 4.08. The van der Waals surface area contributed by atoms with Gasteiger partial charge >= 0.3 is 6.18 Å². The van der Waals surface area contributed by atoms with E-state index < -0.39 is 30.5 Å². The van der Waals surface area contributed by atoms with Gasteiger partial charge in [-0.05, 0) is 43.9 Å².